The highest BCUT2D eigenvalue weighted by Crippen LogP contribution is 2.48. The highest BCUT2D eigenvalue weighted by atomic mass is 16.3. The molecular weight excluding hydrogens is 304 g/mol. The van der Waals surface area contributed by atoms with Crippen molar-refractivity contribution in [2.75, 3.05) is 26.2 Å². The first kappa shape index (κ1) is 15.0. The fraction of sp³-hybridized carbons (Fsp3) is 0.368. The number of carbonyl (C=O) groups is 2. The van der Waals surface area contributed by atoms with Crippen LogP contribution in [0.25, 0.3) is 0 Å². The Morgan fingerprint density at radius 2 is 1.62 bits per heavy atom. The molecule has 1 aromatic carbocycles. The number of furan rings is 1. The van der Waals surface area contributed by atoms with Gasteiger partial charge in [-0.05, 0) is 30.7 Å². The summed E-state index contributed by atoms with van der Waals surface area (Å²) < 4.78 is 5.40. The summed E-state index contributed by atoms with van der Waals surface area (Å²) in [7, 11) is 0. The topological polar surface area (TPSA) is 53.8 Å². The molecule has 2 heterocycles. The molecule has 1 aliphatic heterocycles. The summed E-state index contributed by atoms with van der Waals surface area (Å²) >= 11 is 0. The van der Waals surface area contributed by atoms with Gasteiger partial charge in [-0.25, -0.2) is 0 Å². The van der Waals surface area contributed by atoms with Crippen LogP contribution < -0.4 is 0 Å². The van der Waals surface area contributed by atoms with E-state index in [1.807, 2.05) is 52.3 Å². The van der Waals surface area contributed by atoms with Crippen molar-refractivity contribution in [3.05, 3.63) is 60.1 Å². The predicted molar refractivity (Wildman–Crippen MR) is 88.5 cm³/mol. The normalized spacial score (nSPS) is 23.2. The third kappa shape index (κ3) is 2.82. The van der Waals surface area contributed by atoms with Gasteiger partial charge in [0, 0.05) is 43.6 Å². The second-order valence-corrected chi connectivity index (χ2v) is 6.45. The van der Waals surface area contributed by atoms with Crippen LogP contribution in [0.4, 0.5) is 0 Å². The molecule has 0 spiro atoms. The number of piperazine rings is 1. The summed E-state index contributed by atoms with van der Waals surface area (Å²) in [6.45, 7) is 2.41. The number of hydrogen-bond acceptors (Lipinski definition) is 3. The minimum atomic E-state index is 0.0441. The van der Waals surface area contributed by atoms with E-state index in [9.17, 15) is 9.59 Å². The fourth-order valence-electron chi connectivity index (χ4n) is 3.41. The van der Waals surface area contributed by atoms with Crippen LogP contribution in [0.5, 0.6) is 0 Å². The maximum absolute atomic E-state index is 12.6. The molecule has 4 rings (SSSR count). The lowest BCUT2D eigenvalue weighted by Gasteiger charge is -2.35. The zero-order valence-electron chi connectivity index (χ0n) is 13.4. The summed E-state index contributed by atoms with van der Waals surface area (Å²) in [5.74, 6) is 1.43. The average Bonchev–Trinajstić information content (AvgIpc) is 3.26. The molecule has 124 valence electrons. The van der Waals surface area contributed by atoms with E-state index in [1.54, 1.807) is 6.26 Å². The summed E-state index contributed by atoms with van der Waals surface area (Å²) in [5, 5.41) is 0. The number of amides is 2. The molecule has 2 aliphatic rings. The third-order valence-electron chi connectivity index (χ3n) is 4.92. The molecule has 0 radical (unpaired) electrons. The molecule has 1 saturated heterocycles. The number of rotatable bonds is 3. The van der Waals surface area contributed by atoms with E-state index in [4.69, 9.17) is 4.42 Å². The van der Waals surface area contributed by atoms with Gasteiger partial charge in [-0.1, -0.05) is 18.2 Å². The predicted octanol–water partition coefficient (Wildman–Crippen LogP) is 2.37. The Labute approximate surface area is 140 Å². The van der Waals surface area contributed by atoms with Gasteiger partial charge in [-0.3, -0.25) is 9.59 Å². The first-order valence-corrected chi connectivity index (χ1v) is 8.40. The lowest BCUT2D eigenvalue weighted by atomic mass is 10.1. The molecule has 5 heteroatoms. The van der Waals surface area contributed by atoms with Crippen LogP contribution in [-0.2, 0) is 4.79 Å². The summed E-state index contributed by atoms with van der Waals surface area (Å²) in [5.41, 5.74) is 0.706. The smallest absolute Gasteiger partial charge is 0.253 e. The van der Waals surface area contributed by atoms with E-state index in [1.165, 1.54) is 0 Å². The maximum Gasteiger partial charge on any atom is 0.253 e. The minimum Gasteiger partial charge on any atom is -0.469 e. The summed E-state index contributed by atoms with van der Waals surface area (Å²) in [6, 6.07) is 13.1. The number of nitrogens with zero attached hydrogens (tertiary/aromatic N) is 2. The molecule has 1 aromatic heterocycles. The van der Waals surface area contributed by atoms with Crippen molar-refractivity contribution in [3.8, 4) is 0 Å². The van der Waals surface area contributed by atoms with E-state index in [-0.39, 0.29) is 23.7 Å². The quantitative estimate of drug-likeness (QED) is 0.871. The average molecular weight is 324 g/mol. The minimum absolute atomic E-state index is 0.0441. The summed E-state index contributed by atoms with van der Waals surface area (Å²) in [4.78, 5) is 28.8. The van der Waals surface area contributed by atoms with Crippen LogP contribution in [0.1, 0.15) is 28.5 Å². The molecule has 2 atom stereocenters. The first-order chi connectivity index (χ1) is 11.7. The van der Waals surface area contributed by atoms with E-state index in [0.717, 1.165) is 12.2 Å². The van der Waals surface area contributed by atoms with Crippen molar-refractivity contribution in [2.24, 2.45) is 5.92 Å². The van der Waals surface area contributed by atoms with Gasteiger partial charge in [0.05, 0.1) is 6.26 Å². The van der Waals surface area contributed by atoms with Gasteiger partial charge in [-0.15, -0.1) is 0 Å². The Hall–Kier alpha value is -2.56. The van der Waals surface area contributed by atoms with Gasteiger partial charge >= 0.3 is 0 Å². The fourth-order valence-corrected chi connectivity index (χ4v) is 3.41. The molecule has 0 bridgehead atoms. The van der Waals surface area contributed by atoms with Gasteiger partial charge in [0.25, 0.3) is 5.91 Å². The molecule has 1 saturated carbocycles. The zero-order chi connectivity index (χ0) is 16.5. The number of carbonyl (C=O) groups excluding carboxylic acids is 2. The Balaban J connectivity index is 1.32. The maximum atomic E-state index is 12.6. The van der Waals surface area contributed by atoms with Crippen LogP contribution >= 0.6 is 0 Å². The molecule has 2 fully saturated rings. The number of benzene rings is 1. The van der Waals surface area contributed by atoms with Crippen molar-refractivity contribution in [2.45, 2.75) is 12.3 Å². The number of hydrogen-bond donors (Lipinski definition) is 0. The van der Waals surface area contributed by atoms with E-state index in [2.05, 4.69) is 0 Å². The van der Waals surface area contributed by atoms with Crippen molar-refractivity contribution in [3.63, 3.8) is 0 Å². The highest BCUT2D eigenvalue weighted by Gasteiger charge is 2.47. The first-order valence-electron chi connectivity index (χ1n) is 8.40. The Bertz CT molecular complexity index is 718. The lowest BCUT2D eigenvalue weighted by molar-refractivity contribution is -0.134. The van der Waals surface area contributed by atoms with Crippen LogP contribution in [0.15, 0.2) is 53.1 Å². The Kier molecular flexibility index (Phi) is 3.84. The standard InChI is InChI=1S/C19H20N2O3/c22-18(14-5-2-1-3-6-14)20-8-10-21(11-9-20)19(23)16-13-15(16)17-7-4-12-24-17/h1-7,12,15-16H,8-11,13H2. The van der Waals surface area contributed by atoms with Crippen molar-refractivity contribution in [1.82, 2.24) is 9.80 Å². The van der Waals surface area contributed by atoms with Crippen molar-refractivity contribution in [1.29, 1.82) is 0 Å². The Morgan fingerprint density at radius 1 is 0.917 bits per heavy atom. The highest BCUT2D eigenvalue weighted by molar-refractivity contribution is 5.94. The van der Waals surface area contributed by atoms with Gasteiger partial charge in [0.1, 0.15) is 5.76 Å². The second-order valence-electron chi connectivity index (χ2n) is 6.45. The summed E-state index contributed by atoms with van der Waals surface area (Å²) in [6.07, 6.45) is 2.53. The molecular formula is C19H20N2O3. The molecule has 24 heavy (non-hydrogen) atoms. The van der Waals surface area contributed by atoms with Gasteiger partial charge in [0.2, 0.25) is 5.91 Å². The van der Waals surface area contributed by atoms with Crippen molar-refractivity contribution < 1.29 is 14.0 Å². The van der Waals surface area contributed by atoms with E-state index >= 15 is 0 Å². The largest absolute Gasteiger partial charge is 0.469 e. The van der Waals surface area contributed by atoms with E-state index in [0.29, 0.717) is 31.7 Å². The van der Waals surface area contributed by atoms with Crippen LogP contribution in [-0.4, -0.2) is 47.8 Å². The lowest BCUT2D eigenvalue weighted by Crippen LogP contribution is -2.51. The third-order valence-corrected chi connectivity index (χ3v) is 4.92. The monoisotopic (exact) mass is 324 g/mol. The van der Waals surface area contributed by atoms with Crippen molar-refractivity contribution >= 4 is 11.8 Å². The van der Waals surface area contributed by atoms with Crippen LogP contribution in [0.2, 0.25) is 0 Å². The zero-order valence-corrected chi connectivity index (χ0v) is 13.4. The van der Waals surface area contributed by atoms with Crippen LogP contribution in [0, 0.1) is 5.92 Å². The van der Waals surface area contributed by atoms with Gasteiger partial charge in [0.15, 0.2) is 0 Å². The van der Waals surface area contributed by atoms with E-state index < -0.39 is 0 Å². The van der Waals surface area contributed by atoms with Gasteiger partial charge in [-0.2, -0.15) is 0 Å². The molecule has 0 N–H and O–H groups in total. The second kappa shape index (κ2) is 6.15. The Morgan fingerprint density at radius 3 is 2.29 bits per heavy atom. The van der Waals surface area contributed by atoms with Gasteiger partial charge < -0.3 is 14.2 Å². The molecule has 2 unspecified atom stereocenters. The molecule has 2 aromatic rings. The molecule has 2 amide bonds. The SMILES string of the molecule is O=C(c1ccccc1)N1CCN(C(=O)C2CC2c2ccco2)CC1. The molecule has 1 aliphatic carbocycles. The van der Waals surface area contributed by atoms with Crippen LogP contribution in [0.3, 0.4) is 0 Å². The molecule has 5 nitrogen and oxygen atoms in total.